The van der Waals surface area contributed by atoms with Crippen LogP contribution in [0, 0.1) is 5.41 Å². The van der Waals surface area contributed by atoms with Crippen LogP contribution in [0.25, 0.3) is 0 Å². The van der Waals surface area contributed by atoms with Crippen molar-refractivity contribution in [1.82, 2.24) is 4.90 Å². The highest BCUT2D eigenvalue weighted by molar-refractivity contribution is 5.97. The normalized spacial score (nSPS) is 16.4. The number of carbonyl (C=O) groups is 2. The van der Waals surface area contributed by atoms with Gasteiger partial charge in [-0.3, -0.25) is 14.5 Å². The highest BCUT2D eigenvalue weighted by atomic mass is 19.3. The minimum Gasteiger partial charge on any atom is -0.370 e. The third-order valence-electron chi connectivity index (χ3n) is 4.61. The van der Waals surface area contributed by atoms with Gasteiger partial charge in [0.1, 0.15) is 12.6 Å². The SMILES string of the molecule is CN(CC(C)(C)C)[C@H](CN)C(=O)Nc1ccc(N2CCOCC2=O)cc1C(F)F. The van der Waals surface area contributed by atoms with Gasteiger partial charge in [0.15, 0.2) is 0 Å². The first-order valence-electron chi connectivity index (χ1n) is 9.55. The van der Waals surface area contributed by atoms with Crippen LogP contribution in [0.2, 0.25) is 0 Å². The summed E-state index contributed by atoms with van der Waals surface area (Å²) < 4.78 is 32.4. The van der Waals surface area contributed by atoms with Crippen molar-refractivity contribution in [3.8, 4) is 0 Å². The molecule has 1 aromatic carbocycles. The Hall–Kier alpha value is -2.10. The van der Waals surface area contributed by atoms with E-state index >= 15 is 0 Å². The smallest absolute Gasteiger partial charge is 0.265 e. The van der Waals surface area contributed by atoms with Gasteiger partial charge < -0.3 is 20.7 Å². The Bertz CT molecular complexity index is 737. The number of carbonyl (C=O) groups excluding carboxylic acids is 2. The van der Waals surface area contributed by atoms with Gasteiger partial charge in [-0.1, -0.05) is 20.8 Å². The summed E-state index contributed by atoms with van der Waals surface area (Å²) in [5.74, 6) is -0.739. The first-order valence-corrected chi connectivity index (χ1v) is 9.55. The maximum Gasteiger partial charge on any atom is 0.265 e. The molecular weight excluding hydrogens is 382 g/mol. The number of hydrogen-bond acceptors (Lipinski definition) is 5. The Kier molecular flexibility index (Phi) is 7.67. The predicted molar refractivity (Wildman–Crippen MR) is 108 cm³/mol. The average molecular weight is 412 g/mol. The van der Waals surface area contributed by atoms with Crippen molar-refractivity contribution >= 4 is 23.2 Å². The fraction of sp³-hybridized carbons (Fsp3) is 0.600. The lowest BCUT2D eigenvalue weighted by Gasteiger charge is -2.32. The number of rotatable bonds is 7. The fourth-order valence-electron chi connectivity index (χ4n) is 3.36. The van der Waals surface area contributed by atoms with Crippen molar-refractivity contribution in [1.29, 1.82) is 0 Å². The molecule has 0 spiro atoms. The topological polar surface area (TPSA) is 87.9 Å². The van der Waals surface area contributed by atoms with Gasteiger partial charge in [0, 0.05) is 36.6 Å². The van der Waals surface area contributed by atoms with Crippen molar-refractivity contribution in [2.24, 2.45) is 11.1 Å². The summed E-state index contributed by atoms with van der Waals surface area (Å²) in [6.45, 7) is 7.33. The second-order valence-electron chi connectivity index (χ2n) is 8.39. The molecule has 3 N–H and O–H groups in total. The van der Waals surface area contributed by atoms with E-state index in [0.717, 1.165) is 0 Å². The molecule has 0 bridgehead atoms. The highest BCUT2D eigenvalue weighted by Gasteiger charge is 2.27. The molecule has 9 heteroatoms. The molecule has 0 radical (unpaired) electrons. The first kappa shape index (κ1) is 23.2. The second-order valence-corrected chi connectivity index (χ2v) is 8.39. The number of amides is 2. The molecule has 1 heterocycles. The number of nitrogens with two attached hydrogens (primary N) is 1. The molecule has 0 unspecified atom stereocenters. The second kappa shape index (κ2) is 9.60. The van der Waals surface area contributed by atoms with E-state index in [0.29, 0.717) is 25.4 Å². The minimum atomic E-state index is -2.81. The molecule has 0 saturated carbocycles. The van der Waals surface area contributed by atoms with E-state index < -0.39 is 18.4 Å². The monoisotopic (exact) mass is 412 g/mol. The summed E-state index contributed by atoms with van der Waals surface area (Å²) in [4.78, 5) is 27.9. The molecule has 1 atom stereocenters. The van der Waals surface area contributed by atoms with Gasteiger partial charge in [0.05, 0.1) is 6.61 Å². The van der Waals surface area contributed by atoms with E-state index in [-0.39, 0.29) is 35.7 Å². The summed E-state index contributed by atoms with van der Waals surface area (Å²) in [7, 11) is 1.78. The van der Waals surface area contributed by atoms with E-state index in [1.54, 1.807) is 13.1 Å². The molecule has 1 aliphatic rings. The number of hydrogen-bond donors (Lipinski definition) is 2. The number of likely N-dealkylation sites (N-methyl/N-ethyl adjacent to an activating group) is 1. The van der Waals surface area contributed by atoms with Crippen LogP contribution in [0.1, 0.15) is 32.8 Å². The van der Waals surface area contributed by atoms with E-state index in [1.807, 2.05) is 25.7 Å². The van der Waals surface area contributed by atoms with Gasteiger partial charge in [-0.15, -0.1) is 0 Å². The number of anilines is 2. The van der Waals surface area contributed by atoms with Gasteiger partial charge in [-0.2, -0.15) is 0 Å². The number of alkyl halides is 2. The summed E-state index contributed by atoms with van der Waals surface area (Å²) in [5.41, 5.74) is 5.74. The van der Waals surface area contributed by atoms with E-state index in [9.17, 15) is 18.4 Å². The third kappa shape index (κ3) is 6.19. The van der Waals surface area contributed by atoms with Gasteiger partial charge in [-0.05, 0) is 30.7 Å². The quantitative estimate of drug-likeness (QED) is 0.717. The highest BCUT2D eigenvalue weighted by Crippen LogP contribution is 2.32. The van der Waals surface area contributed by atoms with Crippen LogP contribution in [-0.2, 0) is 14.3 Å². The fourth-order valence-corrected chi connectivity index (χ4v) is 3.36. The maximum atomic E-state index is 13.7. The van der Waals surface area contributed by atoms with Crippen LogP contribution in [0.4, 0.5) is 20.2 Å². The lowest BCUT2D eigenvalue weighted by atomic mass is 9.95. The van der Waals surface area contributed by atoms with Gasteiger partial charge in [-0.25, -0.2) is 8.78 Å². The standard InChI is InChI=1S/C20H30F2N4O3/c1-20(2,3)12-25(4)16(10-23)19(28)24-15-6-5-13(9-14(15)18(21)22)26-7-8-29-11-17(26)27/h5-6,9,16,18H,7-8,10-12,23H2,1-4H3,(H,24,28)/t16-/m1/s1. The largest absolute Gasteiger partial charge is 0.370 e. The predicted octanol–water partition coefficient (Wildman–Crippen LogP) is 2.23. The minimum absolute atomic E-state index is 0.0112. The Morgan fingerprint density at radius 2 is 2.07 bits per heavy atom. The van der Waals surface area contributed by atoms with E-state index in [4.69, 9.17) is 10.5 Å². The van der Waals surface area contributed by atoms with Crippen LogP contribution in [0.15, 0.2) is 18.2 Å². The molecule has 1 saturated heterocycles. The van der Waals surface area contributed by atoms with Crippen molar-refractivity contribution in [2.75, 3.05) is 50.1 Å². The van der Waals surface area contributed by atoms with Crippen LogP contribution in [-0.4, -0.2) is 62.7 Å². The molecule has 1 fully saturated rings. The Labute approximate surface area is 170 Å². The van der Waals surface area contributed by atoms with E-state index in [2.05, 4.69) is 5.32 Å². The molecular formula is C20H30F2N4O3. The molecule has 0 aromatic heterocycles. The van der Waals surface area contributed by atoms with Gasteiger partial charge in [0.2, 0.25) is 5.91 Å². The lowest BCUT2D eigenvalue weighted by Crippen LogP contribution is -2.49. The van der Waals surface area contributed by atoms with Crippen molar-refractivity contribution in [3.63, 3.8) is 0 Å². The third-order valence-corrected chi connectivity index (χ3v) is 4.61. The van der Waals surface area contributed by atoms with Gasteiger partial charge in [0.25, 0.3) is 12.3 Å². The number of ether oxygens (including phenoxy) is 1. The van der Waals surface area contributed by atoms with Crippen LogP contribution in [0.5, 0.6) is 0 Å². The summed E-state index contributed by atoms with van der Waals surface area (Å²) in [6, 6.07) is 3.52. The summed E-state index contributed by atoms with van der Waals surface area (Å²) in [6.07, 6.45) is -2.81. The molecule has 2 rings (SSSR count). The Morgan fingerprint density at radius 1 is 1.38 bits per heavy atom. The summed E-state index contributed by atoms with van der Waals surface area (Å²) >= 11 is 0. The van der Waals surface area contributed by atoms with Crippen molar-refractivity contribution in [2.45, 2.75) is 33.2 Å². The zero-order valence-electron chi connectivity index (χ0n) is 17.4. The zero-order valence-corrected chi connectivity index (χ0v) is 17.4. The number of morpholine rings is 1. The molecule has 162 valence electrons. The summed E-state index contributed by atoms with van der Waals surface area (Å²) in [5, 5.41) is 2.58. The maximum absolute atomic E-state index is 13.7. The Balaban J connectivity index is 2.22. The van der Waals surface area contributed by atoms with Crippen LogP contribution in [0.3, 0.4) is 0 Å². The molecule has 2 amide bonds. The van der Waals surface area contributed by atoms with Gasteiger partial charge >= 0.3 is 0 Å². The van der Waals surface area contributed by atoms with Crippen LogP contribution >= 0.6 is 0 Å². The Morgan fingerprint density at radius 3 is 2.62 bits per heavy atom. The number of nitrogens with one attached hydrogen (secondary N) is 1. The molecule has 1 aromatic rings. The zero-order chi connectivity index (χ0) is 21.8. The average Bonchev–Trinajstić information content (AvgIpc) is 2.61. The number of benzene rings is 1. The first-order chi connectivity index (χ1) is 13.5. The molecule has 7 nitrogen and oxygen atoms in total. The van der Waals surface area contributed by atoms with Crippen molar-refractivity contribution < 1.29 is 23.1 Å². The number of nitrogens with zero attached hydrogens (tertiary/aromatic N) is 2. The lowest BCUT2D eigenvalue weighted by molar-refractivity contribution is -0.125. The van der Waals surface area contributed by atoms with Crippen LogP contribution < -0.4 is 16.0 Å². The van der Waals surface area contributed by atoms with E-state index in [1.165, 1.54) is 17.0 Å². The molecule has 29 heavy (non-hydrogen) atoms. The molecule has 1 aliphatic heterocycles. The number of halogens is 2. The molecule has 0 aliphatic carbocycles. The van der Waals surface area contributed by atoms with Crippen molar-refractivity contribution in [3.05, 3.63) is 23.8 Å².